The van der Waals surface area contributed by atoms with E-state index in [1.165, 1.54) is 12.8 Å². The number of methoxy groups -OCH3 is 1. The molecule has 0 radical (unpaired) electrons. The maximum atomic E-state index is 7.85. The molecule has 1 aromatic heterocycles. The summed E-state index contributed by atoms with van der Waals surface area (Å²) in [5.74, 6) is 1.88. The van der Waals surface area contributed by atoms with E-state index in [4.69, 9.17) is 10.1 Å². The number of ether oxygens (including phenoxy) is 1. The van der Waals surface area contributed by atoms with E-state index in [1.54, 1.807) is 7.11 Å². The number of fused-ring (bicyclic) bond motifs is 1. The van der Waals surface area contributed by atoms with E-state index in [0.29, 0.717) is 5.49 Å². The number of aromatic nitrogens is 2. The van der Waals surface area contributed by atoms with Gasteiger partial charge in [-0.3, -0.25) is 5.41 Å². The first-order valence-corrected chi connectivity index (χ1v) is 6.58. The summed E-state index contributed by atoms with van der Waals surface area (Å²) in [7, 11) is 1.67. The predicted octanol–water partition coefficient (Wildman–Crippen LogP) is 2.37. The zero-order chi connectivity index (χ0) is 13.2. The van der Waals surface area contributed by atoms with Gasteiger partial charge in [-0.15, -0.1) is 0 Å². The molecule has 98 valence electrons. The molecule has 0 unspecified atom stereocenters. The molecule has 0 bridgehead atoms. The van der Waals surface area contributed by atoms with Crippen molar-refractivity contribution in [3.63, 3.8) is 0 Å². The normalized spacial score (nSPS) is 13.9. The second-order valence-electron chi connectivity index (χ2n) is 4.78. The first kappa shape index (κ1) is 12.0. The summed E-state index contributed by atoms with van der Waals surface area (Å²) >= 11 is 0. The van der Waals surface area contributed by atoms with Gasteiger partial charge < -0.3 is 9.30 Å². The first-order valence-electron chi connectivity index (χ1n) is 6.58. The summed E-state index contributed by atoms with van der Waals surface area (Å²) in [5.41, 5.74) is 2.54. The Morgan fingerprint density at radius 1 is 1.21 bits per heavy atom. The van der Waals surface area contributed by atoms with E-state index >= 15 is 0 Å². The van der Waals surface area contributed by atoms with Gasteiger partial charge in [0.25, 0.3) is 0 Å². The van der Waals surface area contributed by atoms with Gasteiger partial charge in [0.15, 0.2) is 0 Å². The monoisotopic (exact) mass is 255 g/mol. The number of nitrogens with zero attached hydrogens (tertiary/aromatic N) is 2. The lowest BCUT2D eigenvalue weighted by Gasteiger charge is -2.22. The topological polar surface area (TPSA) is 50.9 Å². The molecule has 1 aliphatic rings. The summed E-state index contributed by atoms with van der Waals surface area (Å²) in [6, 6.07) is 9.83. The highest BCUT2D eigenvalue weighted by atomic mass is 16.5. The maximum Gasteiger partial charge on any atom is 0.148 e. The number of rotatable bonds is 2. The van der Waals surface area contributed by atoms with Crippen LogP contribution in [0.25, 0.3) is 11.3 Å². The zero-order valence-corrected chi connectivity index (χ0v) is 11.0. The Bertz CT molecular complexity index is 643. The minimum absolute atomic E-state index is 0.346. The smallest absolute Gasteiger partial charge is 0.148 e. The van der Waals surface area contributed by atoms with Crippen LogP contribution in [0.3, 0.4) is 0 Å². The molecule has 0 saturated heterocycles. The van der Waals surface area contributed by atoms with Crippen molar-refractivity contribution < 1.29 is 4.74 Å². The Morgan fingerprint density at radius 2 is 2.00 bits per heavy atom. The van der Waals surface area contributed by atoms with Gasteiger partial charge in [-0.25, -0.2) is 4.98 Å². The lowest BCUT2D eigenvalue weighted by molar-refractivity contribution is 0.415. The summed E-state index contributed by atoms with van der Waals surface area (Å²) in [4.78, 5) is 4.34. The van der Waals surface area contributed by atoms with Gasteiger partial charge in [-0.1, -0.05) is 0 Å². The van der Waals surface area contributed by atoms with Crippen LogP contribution in [0.5, 0.6) is 5.75 Å². The fourth-order valence-corrected chi connectivity index (χ4v) is 2.57. The van der Waals surface area contributed by atoms with E-state index < -0.39 is 0 Å². The average Bonchev–Trinajstić information content (AvgIpc) is 2.46. The highest BCUT2D eigenvalue weighted by Gasteiger charge is 2.13. The molecule has 1 aromatic carbocycles. The first-order chi connectivity index (χ1) is 9.28. The third kappa shape index (κ3) is 2.26. The highest BCUT2D eigenvalue weighted by Crippen LogP contribution is 2.24. The third-order valence-electron chi connectivity index (χ3n) is 3.54. The number of benzene rings is 1. The average molecular weight is 255 g/mol. The van der Waals surface area contributed by atoms with Crippen molar-refractivity contribution in [2.75, 3.05) is 7.11 Å². The molecule has 0 fully saturated rings. The lowest BCUT2D eigenvalue weighted by atomic mass is 10.1. The van der Waals surface area contributed by atoms with Gasteiger partial charge in [0.05, 0.1) is 12.8 Å². The molecule has 0 atom stereocenters. The number of aryl methyl sites for hydroxylation is 1. The van der Waals surface area contributed by atoms with Crippen LogP contribution in [-0.2, 0) is 13.0 Å². The summed E-state index contributed by atoms with van der Waals surface area (Å²) in [6.07, 6.45) is 3.31. The van der Waals surface area contributed by atoms with Crippen molar-refractivity contribution in [1.29, 1.82) is 5.41 Å². The van der Waals surface area contributed by atoms with Gasteiger partial charge in [0.2, 0.25) is 0 Å². The van der Waals surface area contributed by atoms with Gasteiger partial charge >= 0.3 is 0 Å². The highest BCUT2D eigenvalue weighted by molar-refractivity contribution is 5.60. The van der Waals surface area contributed by atoms with Crippen molar-refractivity contribution in [3.8, 4) is 17.0 Å². The molecule has 0 aliphatic carbocycles. The summed E-state index contributed by atoms with van der Waals surface area (Å²) in [5, 5.41) is 7.85. The van der Waals surface area contributed by atoms with Gasteiger partial charge in [-0.2, -0.15) is 0 Å². The van der Waals surface area contributed by atoms with E-state index in [-0.39, 0.29) is 0 Å². The van der Waals surface area contributed by atoms with Crippen LogP contribution in [0.4, 0.5) is 0 Å². The minimum atomic E-state index is 0.346. The van der Waals surface area contributed by atoms with Crippen molar-refractivity contribution in [1.82, 2.24) is 9.55 Å². The predicted molar refractivity (Wildman–Crippen MR) is 73.0 cm³/mol. The quantitative estimate of drug-likeness (QED) is 0.895. The van der Waals surface area contributed by atoms with Crippen LogP contribution in [0.1, 0.15) is 18.7 Å². The summed E-state index contributed by atoms with van der Waals surface area (Å²) in [6.45, 7) is 0.990. The molecule has 1 N–H and O–H groups in total. The van der Waals surface area contributed by atoms with Gasteiger partial charge in [-0.05, 0) is 42.7 Å². The second-order valence-corrected chi connectivity index (χ2v) is 4.78. The molecule has 4 nitrogen and oxygen atoms in total. The molecule has 0 saturated carbocycles. The molecular weight excluding hydrogens is 238 g/mol. The van der Waals surface area contributed by atoms with Crippen LogP contribution < -0.4 is 10.2 Å². The molecule has 19 heavy (non-hydrogen) atoms. The Labute approximate surface area is 112 Å². The van der Waals surface area contributed by atoms with E-state index in [9.17, 15) is 0 Å². The van der Waals surface area contributed by atoms with E-state index in [0.717, 1.165) is 35.8 Å². The number of hydrogen-bond donors (Lipinski definition) is 1. The Balaban J connectivity index is 2.12. The molecule has 2 heterocycles. The van der Waals surface area contributed by atoms with Crippen LogP contribution in [-0.4, -0.2) is 16.7 Å². The zero-order valence-electron chi connectivity index (χ0n) is 11.0. The lowest BCUT2D eigenvalue weighted by Crippen LogP contribution is -2.22. The molecule has 0 spiro atoms. The van der Waals surface area contributed by atoms with Gasteiger partial charge in [0, 0.05) is 19.0 Å². The summed E-state index contributed by atoms with van der Waals surface area (Å²) < 4.78 is 7.42. The largest absolute Gasteiger partial charge is 0.497 e. The molecule has 0 amide bonds. The Kier molecular flexibility index (Phi) is 3.07. The number of hydrogen-bond acceptors (Lipinski definition) is 3. The van der Waals surface area contributed by atoms with Crippen molar-refractivity contribution in [2.24, 2.45) is 0 Å². The van der Waals surface area contributed by atoms with Crippen LogP contribution in [0.15, 0.2) is 30.3 Å². The standard InChI is InChI=1S/C15H17N3O/c1-19-12-7-5-11(6-8-12)13-10-14(16)17-15-4-2-3-9-18(13)15/h5-8,10,16H,2-4,9H2,1H3. The fourth-order valence-electron chi connectivity index (χ4n) is 2.57. The van der Waals surface area contributed by atoms with E-state index in [1.807, 2.05) is 30.3 Å². The second kappa shape index (κ2) is 4.88. The fraction of sp³-hybridized carbons (Fsp3) is 0.333. The number of nitrogens with one attached hydrogen (secondary N) is 1. The SMILES string of the molecule is COc1ccc(-c2cc(=N)nc3n2CCCC3)cc1. The molecule has 2 aromatic rings. The Morgan fingerprint density at radius 3 is 2.74 bits per heavy atom. The van der Waals surface area contributed by atoms with Crippen LogP contribution in [0, 0.1) is 5.41 Å². The molecule has 1 aliphatic heterocycles. The van der Waals surface area contributed by atoms with Crippen molar-refractivity contribution >= 4 is 0 Å². The van der Waals surface area contributed by atoms with Crippen LogP contribution >= 0.6 is 0 Å². The Hall–Kier alpha value is -2.10. The van der Waals surface area contributed by atoms with Gasteiger partial charge in [0.1, 0.15) is 17.1 Å². The van der Waals surface area contributed by atoms with Crippen LogP contribution in [0.2, 0.25) is 0 Å². The molecule has 3 rings (SSSR count). The molecule has 4 heteroatoms. The maximum absolute atomic E-state index is 7.85. The molecular formula is C15H17N3O. The third-order valence-corrected chi connectivity index (χ3v) is 3.54. The minimum Gasteiger partial charge on any atom is -0.497 e. The van der Waals surface area contributed by atoms with Crippen molar-refractivity contribution in [2.45, 2.75) is 25.8 Å². The van der Waals surface area contributed by atoms with E-state index in [2.05, 4.69) is 9.55 Å². The van der Waals surface area contributed by atoms with Crippen molar-refractivity contribution in [3.05, 3.63) is 41.6 Å².